The number of benzene rings is 1. The molecule has 1 heterocycles. The van der Waals surface area contributed by atoms with E-state index in [-0.39, 0.29) is 17.9 Å². The smallest absolute Gasteiger partial charge is 0.232 e. The molecule has 1 amide bonds. The predicted octanol–water partition coefficient (Wildman–Crippen LogP) is 2.31. The lowest BCUT2D eigenvalue weighted by molar-refractivity contribution is -0.126. The van der Waals surface area contributed by atoms with Gasteiger partial charge in [0.05, 0.1) is 12.5 Å². The molecule has 1 atom stereocenters. The van der Waals surface area contributed by atoms with Crippen molar-refractivity contribution in [2.24, 2.45) is 11.7 Å². The number of rotatable bonds is 4. The second kappa shape index (κ2) is 6.86. The number of amides is 1. The summed E-state index contributed by atoms with van der Waals surface area (Å²) in [5.41, 5.74) is 7.63. The molecule has 0 spiro atoms. The first-order valence-electron chi connectivity index (χ1n) is 7.33. The monoisotopic (exact) mass is 276 g/mol. The normalized spacial score (nSPS) is 19.1. The van der Waals surface area contributed by atoms with Crippen LogP contribution >= 0.6 is 0 Å². The van der Waals surface area contributed by atoms with Gasteiger partial charge in [0.25, 0.3) is 0 Å². The van der Waals surface area contributed by atoms with E-state index in [1.807, 2.05) is 43.0 Å². The molecule has 2 rings (SSSR count). The minimum Gasteiger partial charge on any atom is -0.381 e. The number of carbonyl (C=O) groups is 1. The average Bonchev–Trinajstić information content (AvgIpc) is 2.48. The first-order chi connectivity index (χ1) is 9.63. The van der Waals surface area contributed by atoms with Crippen molar-refractivity contribution in [1.82, 2.24) is 0 Å². The van der Waals surface area contributed by atoms with Crippen LogP contribution in [-0.2, 0) is 16.1 Å². The van der Waals surface area contributed by atoms with Gasteiger partial charge in [-0.3, -0.25) is 4.79 Å². The van der Waals surface area contributed by atoms with E-state index in [2.05, 4.69) is 0 Å². The molecule has 1 aromatic carbocycles. The van der Waals surface area contributed by atoms with Crippen molar-refractivity contribution in [2.45, 2.75) is 39.3 Å². The van der Waals surface area contributed by atoms with Gasteiger partial charge < -0.3 is 15.4 Å². The predicted molar refractivity (Wildman–Crippen MR) is 80.5 cm³/mol. The Kier molecular flexibility index (Phi) is 5.15. The molecule has 20 heavy (non-hydrogen) atoms. The Morgan fingerprint density at radius 2 is 2.10 bits per heavy atom. The fourth-order valence-electron chi connectivity index (χ4n) is 2.60. The SMILES string of the molecule is CC(C)N(C(=O)C1CCCOC1)c1ccc(CN)cc1. The van der Waals surface area contributed by atoms with Crippen LogP contribution in [0.1, 0.15) is 32.3 Å². The summed E-state index contributed by atoms with van der Waals surface area (Å²) in [6.45, 7) is 5.92. The van der Waals surface area contributed by atoms with Crippen LogP contribution in [0.25, 0.3) is 0 Å². The number of carbonyl (C=O) groups excluding carboxylic acids is 1. The Balaban J connectivity index is 2.18. The van der Waals surface area contributed by atoms with Gasteiger partial charge in [0, 0.05) is 24.9 Å². The van der Waals surface area contributed by atoms with Crippen LogP contribution < -0.4 is 10.6 Å². The van der Waals surface area contributed by atoms with E-state index in [4.69, 9.17) is 10.5 Å². The number of ether oxygens (including phenoxy) is 1. The Morgan fingerprint density at radius 1 is 1.40 bits per heavy atom. The molecule has 1 aliphatic heterocycles. The maximum Gasteiger partial charge on any atom is 0.232 e. The lowest BCUT2D eigenvalue weighted by atomic mass is 9.99. The second-order valence-corrected chi connectivity index (χ2v) is 5.59. The molecule has 1 aromatic rings. The van der Waals surface area contributed by atoms with E-state index in [9.17, 15) is 4.79 Å². The third kappa shape index (κ3) is 3.38. The van der Waals surface area contributed by atoms with E-state index in [1.165, 1.54) is 0 Å². The summed E-state index contributed by atoms with van der Waals surface area (Å²) in [7, 11) is 0. The van der Waals surface area contributed by atoms with Crippen LogP contribution in [0.2, 0.25) is 0 Å². The van der Waals surface area contributed by atoms with E-state index >= 15 is 0 Å². The van der Waals surface area contributed by atoms with Gasteiger partial charge in [0.1, 0.15) is 0 Å². The molecule has 0 radical (unpaired) electrons. The molecule has 1 unspecified atom stereocenters. The van der Waals surface area contributed by atoms with E-state index in [1.54, 1.807) is 0 Å². The van der Waals surface area contributed by atoms with Crippen LogP contribution in [0.4, 0.5) is 5.69 Å². The summed E-state index contributed by atoms with van der Waals surface area (Å²) in [4.78, 5) is 14.6. The van der Waals surface area contributed by atoms with Crippen molar-refractivity contribution >= 4 is 11.6 Å². The Labute approximate surface area is 120 Å². The maximum atomic E-state index is 12.7. The first kappa shape index (κ1) is 15.0. The topological polar surface area (TPSA) is 55.6 Å². The maximum absolute atomic E-state index is 12.7. The molecule has 110 valence electrons. The highest BCUT2D eigenvalue weighted by Gasteiger charge is 2.28. The van der Waals surface area contributed by atoms with Crippen LogP contribution in [-0.4, -0.2) is 25.2 Å². The van der Waals surface area contributed by atoms with Gasteiger partial charge in [0.2, 0.25) is 5.91 Å². The largest absolute Gasteiger partial charge is 0.381 e. The van der Waals surface area contributed by atoms with Crippen molar-refractivity contribution in [1.29, 1.82) is 0 Å². The number of hydrogen-bond donors (Lipinski definition) is 1. The summed E-state index contributed by atoms with van der Waals surface area (Å²) in [5, 5.41) is 0. The van der Waals surface area contributed by atoms with Gasteiger partial charge in [-0.05, 0) is 44.4 Å². The van der Waals surface area contributed by atoms with Gasteiger partial charge in [0.15, 0.2) is 0 Å². The zero-order valence-corrected chi connectivity index (χ0v) is 12.3. The third-order valence-electron chi connectivity index (χ3n) is 3.71. The molecule has 1 aliphatic rings. The summed E-state index contributed by atoms with van der Waals surface area (Å²) in [6.07, 6.45) is 1.89. The molecule has 0 bridgehead atoms. The number of nitrogens with two attached hydrogens (primary N) is 1. The highest BCUT2D eigenvalue weighted by Crippen LogP contribution is 2.24. The molecule has 4 nitrogen and oxygen atoms in total. The van der Waals surface area contributed by atoms with Crippen LogP contribution in [0.15, 0.2) is 24.3 Å². The van der Waals surface area contributed by atoms with Crippen molar-refractivity contribution < 1.29 is 9.53 Å². The fourth-order valence-corrected chi connectivity index (χ4v) is 2.60. The first-order valence-corrected chi connectivity index (χ1v) is 7.33. The quantitative estimate of drug-likeness (QED) is 0.918. The molecule has 2 N–H and O–H groups in total. The number of anilines is 1. The highest BCUT2D eigenvalue weighted by molar-refractivity contribution is 5.95. The van der Waals surface area contributed by atoms with E-state index < -0.39 is 0 Å². The van der Waals surface area contributed by atoms with Crippen LogP contribution in [0, 0.1) is 5.92 Å². The van der Waals surface area contributed by atoms with Gasteiger partial charge in [-0.1, -0.05) is 12.1 Å². The summed E-state index contributed by atoms with van der Waals surface area (Å²) in [5.74, 6) is 0.153. The Bertz CT molecular complexity index is 436. The zero-order chi connectivity index (χ0) is 14.5. The van der Waals surface area contributed by atoms with Gasteiger partial charge >= 0.3 is 0 Å². The lowest BCUT2D eigenvalue weighted by Gasteiger charge is -2.32. The van der Waals surface area contributed by atoms with Gasteiger partial charge in [-0.25, -0.2) is 0 Å². The fraction of sp³-hybridized carbons (Fsp3) is 0.562. The van der Waals surface area contributed by atoms with E-state index in [0.29, 0.717) is 13.2 Å². The van der Waals surface area contributed by atoms with Crippen molar-refractivity contribution in [3.8, 4) is 0 Å². The Hall–Kier alpha value is -1.39. The standard InChI is InChI=1S/C16H24N2O2/c1-12(2)18(15-7-5-13(10-17)6-8-15)16(19)14-4-3-9-20-11-14/h5-8,12,14H,3-4,9-11,17H2,1-2H3. The molecule has 0 aromatic heterocycles. The average molecular weight is 276 g/mol. The van der Waals surface area contributed by atoms with Gasteiger partial charge in [-0.2, -0.15) is 0 Å². The van der Waals surface area contributed by atoms with Crippen molar-refractivity contribution in [2.75, 3.05) is 18.1 Å². The number of nitrogens with zero attached hydrogens (tertiary/aromatic N) is 1. The molecular weight excluding hydrogens is 252 g/mol. The summed E-state index contributed by atoms with van der Waals surface area (Å²) < 4.78 is 5.44. The third-order valence-corrected chi connectivity index (χ3v) is 3.71. The molecule has 1 saturated heterocycles. The Morgan fingerprint density at radius 3 is 2.60 bits per heavy atom. The molecular formula is C16H24N2O2. The van der Waals surface area contributed by atoms with Crippen LogP contribution in [0.3, 0.4) is 0 Å². The molecule has 0 aliphatic carbocycles. The summed E-state index contributed by atoms with van der Waals surface area (Å²) in [6, 6.07) is 8.05. The molecule has 0 saturated carbocycles. The molecule has 4 heteroatoms. The number of hydrogen-bond acceptors (Lipinski definition) is 3. The highest BCUT2D eigenvalue weighted by atomic mass is 16.5. The van der Waals surface area contributed by atoms with E-state index in [0.717, 1.165) is 30.7 Å². The zero-order valence-electron chi connectivity index (χ0n) is 12.3. The van der Waals surface area contributed by atoms with Crippen LogP contribution in [0.5, 0.6) is 0 Å². The molecule has 1 fully saturated rings. The van der Waals surface area contributed by atoms with Crippen molar-refractivity contribution in [3.05, 3.63) is 29.8 Å². The van der Waals surface area contributed by atoms with Gasteiger partial charge in [-0.15, -0.1) is 0 Å². The lowest BCUT2D eigenvalue weighted by Crippen LogP contribution is -2.43. The second-order valence-electron chi connectivity index (χ2n) is 5.59. The van der Waals surface area contributed by atoms with Crippen molar-refractivity contribution in [3.63, 3.8) is 0 Å². The minimum atomic E-state index is -0.0136. The summed E-state index contributed by atoms with van der Waals surface area (Å²) >= 11 is 0. The minimum absolute atomic E-state index is 0.0136.